The van der Waals surface area contributed by atoms with Crippen LogP contribution in [-0.4, -0.2) is 30.8 Å². The predicted molar refractivity (Wildman–Crippen MR) is 101 cm³/mol. The molecule has 5 aromatic heterocycles. The molecule has 5 heterocycles. The maximum atomic E-state index is 12.8. The minimum absolute atomic E-state index is 0.0829. The van der Waals surface area contributed by atoms with Gasteiger partial charge in [0.05, 0.1) is 29.2 Å². The molecular weight excluding hydrogens is 433 g/mol. The highest BCUT2D eigenvalue weighted by Gasteiger charge is 2.38. The Morgan fingerprint density at radius 3 is 2.88 bits per heavy atom. The minimum atomic E-state index is -4.77. The van der Waals surface area contributed by atoms with Crippen LogP contribution in [0.15, 0.2) is 58.1 Å². The third-order valence-electron chi connectivity index (χ3n) is 4.48. The van der Waals surface area contributed by atoms with Crippen LogP contribution in [-0.2, 0) is 17.5 Å². The summed E-state index contributed by atoms with van der Waals surface area (Å²) in [6, 6.07) is 6.16. The molecule has 0 aliphatic heterocycles. The molecule has 1 amide bonds. The number of carbonyl (C=O) groups is 1. The fraction of sp³-hybridized carbons (Fsp3) is 0.105. The van der Waals surface area contributed by atoms with Gasteiger partial charge in [-0.25, -0.2) is 9.31 Å². The first kappa shape index (κ1) is 19.5. The number of hydrogen-bond donors (Lipinski definition) is 1. The second kappa shape index (κ2) is 7.37. The fourth-order valence-electron chi connectivity index (χ4n) is 3.08. The number of amides is 1. The monoisotopic (exact) mass is 444 g/mol. The number of ether oxygens (including phenoxy) is 1. The van der Waals surface area contributed by atoms with Crippen molar-refractivity contribution in [2.75, 3.05) is 5.32 Å². The second-order valence-corrected chi connectivity index (χ2v) is 6.52. The van der Waals surface area contributed by atoms with E-state index in [2.05, 4.69) is 30.1 Å². The quantitative estimate of drug-likeness (QED) is 0.436. The normalized spacial score (nSPS) is 11.8. The number of aromatic nitrogens is 5. The molecule has 10 nitrogen and oxygen atoms in total. The van der Waals surface area contributed by atoms with E-state index < -0.39 is 18.2 Å². The first-order chi connectivity index (χ1) is 15.4. The van der Waals surface area contributed by atoms with E-state index >= 15 is 0 Å². The van der Waals surface area contributed by atoms with E-state index in [1.165, 1.54) is 35.3 Å². The Bertz CT molecular complexity index is 1440. The van der Waals surface area contributed by atoms with Crippen LogP contribution in [0.2, 0.25) is 0 Å². The van der Waals surface area contributed by atoms with Crippen molar-refractivity contribution in [3.8, 4) is 11.5 Å². The highest BCUT2D eigenvalue weighted by atomic mass is 19.4. The van der Waals surface area contributed by atoms with Crippen molar-refractivity contribution in [1.82, 2.24) is 24.7 Å². The second-order valence-electron chi connectivity index (χ2n) is 6.52. The summed E-state index contributed by atoms with van der Waals surface area (Å²) in [5.41, 5.74) is 1.98. The van der Waals surface area contributed by atoms with Gasteiger partial charge in [0.2, 0.25) is 5.82 Å². The summed E-state index contributed by atoms with van der Waals surface area (Å²) in [5, 5.41) is 10.8. The van der Waals surface area contributed by atoms with Gasteiger partial charge in [0, 0.05) is 17.8 Å². The zero-order chi connectivity index (χ0) is 22.3. The highest BCUT2D eigenvalue weighted by molar-refractivity contribution is 5.91. The van der Waals surface area contributed by atoms with E-state index in [0.29, 0.717) is 22.4 Å². The lowest BCUT2D eigenvalue weighted by molar-refractivity contribution is -0.159. The van der Waals surface area contributed by atoms with Gasteiger partial charge >= 0.3 is 18.2 Å². The van der Waals surface area contributed by atoms with E-state index in [9.17, 15) is 18.0 Å². The van der Waals surface area contributed by atoms with Gasteiger partial charge in [-0.2, -0.15) is 23.3 Å². The van der Waals surface area contributed by atoms with Crippen molar-refractivity contribution in [2.24, 2.45) is 0 Å². The molecule has 0 saturated heterocycles. The van der Waals surface area contributed by atoms with Crippen LogP contribution in [0.5, 0.6) is 0 Å². The Hall–Kier alpha value is -4.42. The van der Waals surface area contributed by atoms with Crippen LogP contribution in [0.3, 0.4) is 0 Å². The summed E-state index contributed by atoms with van der Waals surface area (Å²) in [6.45, 7) is -0.0829. The van der Waals surface area contributed by atoms with Gasteiger partial charge in [-0.3, -0.25) is 10.3 Å². The lowest BCUT2D eigenvalue weighted by atomic mass is 10.2. The Kier molecular flexibility index (Phi) is 4.50. The van der Waals surface area contributed by atoms with Crippen molar-refractivity contribution in [3.05, 3.63) is 60.6 Å². The first-order valence-electron chi connectivity index (χ1n) is 9.02. The largest absolute Gasteiger partial charge is 0.471 e. The molecule has 0 atom stereocenters. The summed E-state index contributed by atoms with van der Waals surface area (Å²) >= 11 is 0. The molecule has 0 aromatic carbocycles. The van der Waals surface area contributed by atoms with E-state index in [4.69, 9.17) is 9.15 Å². The van der Waals surface area contributed by atoms with Gasteiger partial charge in [-0.05, 0) is 24.3 Å². The van der Waals surface area contributed by atoms with Crippen molar-refractivity contribution in [3.63, 3.8) is 0 Å². The zero-order valence-corrected chi connectivity index (χ0v) is 15.8. The lowest BCUT2D eigenvalue weighted by Gasteiger charge is -2.10. The molecule has 0 unspecified atom stereocenters. The maximum absolute atomic E-state index is 12.8. The molecule has 1 N–H and O–H groups in total. The van der Waals surface area contributed by atoms with E-state index in [-0.39, 0.29) is 18.1 Å². The number of nitrogens with one attached hydrogen (secondary N) is 1. The van der Waals surface area contributed by atoms with Crippen LogP contribution in [0.1, 0.15) is 11.5 Å². The summed E-state index contributed by atoms with van der Waals surface area (Å²) in [6.07, 6.45) is 0.544. The van der Waals surface area contributed by atoms with Crippen LogP contribution in [0, 0.1) is 0 Å². The smallest absolute Gasteiger partial charge is 0.464 e. The van der Waals surface area contributed by atoms with Gasteiger partial charge in [0.15, 0.2) is 0 Å². The first-order valence-corrected chi connectivity index (χ1v) is 9.02. The van der Waals surface area contributed by atoms with Gasteiger partial charge in [0.1, 0.15) is 17.9 Å². The Morgan fingerprint density at radius 2 is 2.06 bits per heavy atom. The molecule has 0 spiro atoms. The summed E-state index contributed by atoms with van der Waals surface area (Å²) in [5.74, 6) is -1.78. The number of furan rings is 1. The van der Waals surface area contributed by atoms with Crippen LogP contribution in [0.25, 0.3) is 28.0 Å². The van der Waals surface area contributed by atoms with Crippen LogP contribution < -0.4 is 5.32 Å². The number of nitrogens with zero attached hydrogens (tertiary/aromatic N) is 5. The van der Waals surface area contributed by atoms with E-state index in [1.807, 2.05) is 0 Å². The average Bonchev–Trinajstić information content (AvgIpc) is 3.52. The highest BCUT2D eigenvalue weighted by Crippen LogP contribution is 2.30. The number of rotatable bonds is 4. The van der Waals surface area contributed by atoms with Gasteiger partial charge < -0.3 is 13.7 Å². The third-order valence-corrected chi connectivity index (χ3v) is 4.48. The fourth-order valence-corrected chi connectivity index (χ4v) is 3.08. The molecular formula is C19H11F3N6O4. The number of halogens is 3. The van der Waals surface area contributed by atoms with Gasteiger partial charge in [0.25, 0.3) is 0 Å². The van der Waals surface area contributed by atoms with Gasteiger partial charge in [-0.1, -0.05) is 5.16 Å². The van der Waals surface area contributed by atoms with E-state index in [0.717, 1.165) is 5.39 Å². The number of pyridine rings is 2. The van der Waals surface area contributed by atoms with Crippen LogP contribution >= 0.6 is 0 Å². The maximum Gasteiger partial charge on any atom is 0.471 e. The summed E-state index contributed by atoms with van der Waals surface area (Å²) in [7, 11) is 0. The number of fused-ring (bicyclic) bond motifs is 2. The van der Waals surface area contributed by atoms with Crippen LogP contribution in [0.4, 0.5) is 23.7 Å². The predicted octanol–water partition coefficient (Wildman–Crippen LogP) is 4.29. The molecule has 0 saturated carbocycles. The minimum Gasteiger partial charge on any atom is -0.464 e. The SMILES string of the molecule is O=C(Nc1ccc(-c2noc(C(F)(F)F)n2)n2nccc12)OCc1cncc2ccoc12. The van der Waals surface area contributed by atoms with Crippen molar-refractivity contribution < 1.29 is 31.6 Å². The Labute approximate surface area is 175 Å². The molecule has 13 heteroatoms. The number of anilines is 1. The molecule has 0 radical (unpaired) electrons. The van der Waals surface area contributed by atoms with Crippen molar-refractivity contribution in [2.45, 2.75) is 12.8 Å². The van der Waals surface area contributed by atoms with Crippen molar-refractivity contribution in [1.29, 1.82) is 0 Å². The summed E-state index contributed by atoms with van der Waals surface area (Å²) in [4.78, 5) is 19.7. The number of hydrogen-bond acceptors (Lipinski definition) is 8. The van der Waals surface area contributed by atoms with Gasteiger partial charge in [-0.15, -0.1) is 0 Å². The Morgan fingerprint density at radius 1 is 1.19 bits per heavy atom. The molecule has 32 heavy (non-hydrogen) atoms. The molecule has 5 rings (SSSR count). The average molecular weight is 444 g/mol. The topological polar surface area (TPSA) is 121 Å². The molecule has 0 aliphatic rings. The lowest BCUT2D eigenvalue weighted by Crippen LogP contribution is -2.14. The molecule has 162 valence electrons. The standard InChI is InChI=1S/C19H11F3N6O4/c20-19(21,22)17-26-16(27-32-17)14-2-1-12(13-3-5-24-28(13)14)25-18(29)31-9-11-8-23-7-10-4-6-30-15(10)11/h1-8H,9H2,(H,25,29). The number of alkyl halides is 3. The molecule has 0 fully saturated rings. The zero-order valence-electron chi connectivity index (χ0n) is 15.8. The molecule has 5 aromatic rings. The Balaban J connectivity index is 1.36. The van der Waals surface area contributed by atoms with Crippen molar-refractivity contribution >= 4 is 28.3 Å². The summed E-state index contributed by atoms with van der Waals surface area (Å²) < 4.78 is 54.4. The van der Waals surface area contributed by atoms with E-state index in [1.54, 1.807) is 18.3 Å². The molecule has 0 bridgehead atoms. The molecule has 0 aliphatic carbocycles. The third kappa shape index (κ3) is 3.49. The number of carbonyl (C=O) groups excluding carboxylic acids is 1.